The van der Waals surface area contributed by atoms with Crippen molar-refractivity contribution in [2.45, 2.75) is 32.6 Å². The molecular formula is C29H33BrN4O3. The monoisotopic (exact) mass is 564 g/mol. The summed E-state index contributed by atoms with van der Waals surface area (Å²) < 4.78 is 2.61. The first-order valence-electron chi connectivity index (χ1n) is 12.1. The average molecular weight is 566 g/mol. The number of allylic oxidation sites excluding steroid dienone is 6. The van der Waals surface area contributed by atoms with Crippen LogP contribution in [0.3, 0.4) is 0 Å². The van der Waals surface area contributed by atoms with Crippen molar-refractivity contribution in [3.63, 3.8) is 0 Å². The molecule has 8 heteroatoms. The number of carbonyl (C=O) groups is 2. The van der Waals surface area contributed by atoms with Crippen LogP contribution in [0.15, 0.2) is 89.3 Å². The number of halogens is 1. The van der Waals surface area contributed by atoms with Crippen LogP contribution in [0, 0.1) is 6.92 Å². The summed E-state index contributed by atoms with van der Waals surface area (Å²) in [7, 11) is 1.77. The SMILES string of the molecule is C=C/C(C(=C)/C=C(/NCCCN(C)C(=O)C1CC(=O)c2ccccc21)n1ncc(Br)c1C)=C(O)\C=C/C. The molecule has 1 aromatic carbocycles. The minimum absolute atomic E-state index is 0.0215. The maximum Gasteiger partial charge on any atom is 0.230 e. The Bertz CT molecular complexity index is 1300. The van der Waals surface area contributed by atoms with Gasteiger partial charge in [-0.15, -0.1) is 0 Å². The smallest absolute Gasteiger partial charge is 0.230 e. The van der Waals surface area contributed by atoms with Crippen molar-refractivity contribution in [3.05, 3.63) is 106 Å². The molecule has 1 amide bonds. The number of aliphatic hydroxyl groups excluding tert-OH is 1. The number of Topliss-reactive ketones (excluding diaryl/α,β-unsaturated/α-hetero) is 1. The second-order valence-electron chi connectivity index (χ2n) is 8.85. The Kier molecular flexibility index (Phi) is 9.47. The molecule has 0 spiro atoms. The number of benzene rings is 1. The molecule has 0 saturated heterocycles. The molecule has 0 radical (unpaired) electrons. The lowest BCUT2D eigenvalue weighted by Gasteiger charge is -2.22. The summed E-state index contributed by atoms with van der Waals surface area (Å²) >= 11 is 3.50. The summed E-state index contributed by atoms with van der Waals surface area (Å²) in [5, 5.41) is 18.2. The summed E-state index contributed by atoms with van der Waals surface area (Å²) in [6, 6.07) is 7.35. The zero-order chi connectivity index (χ0) is 27.1. The zero-order valence-electron chi connectivity index (χ0n) is 21.5. The molecule has 1 aromatic heterocycles. The Hall–Kier alpha value is -3.65. The highest BCUT2D eigenvalue weighted by atomic mass is 79.9. The zero-order valence-corrected chi connectivity index (χ0v) is 23.1. The van der Waals surface area contributed by atoms with E-state index in [-0.39, 0.29) is 23.9 Å². The first-order chi connectivity index (χ1) is 17.7. The number of nitrogens with one attached hydrogen (secondary N) is 1. The van der Waals surface area contributed by atoms with Crippen LogP contribution in [0.4, 0.5) is 0 Å². The van der Waals surface area contributed by atoms with Crippen LogP contribution in [0.25, 0.3) is 5.82 Å². The van der Waals surface area contributed by atoms with Crippen LogP contribution < -0.4 is 5.32 Å². The maximum absolute atomic E-state index is 13.1. The van der Waals surface area contributed by atoms with Crippen LogP contribution in [0.5, 0.6) is 0 Å². The molecule has 1 heterocycles. The van der Waals surface area contributed by atoms with Gasteiger partial charge in [0.15, 0.2) is 5.78 Å². The second-order valence-corrected chi connectivity index (χ2v) is 9.71. The topological polar surface area (TPSA) is 87.5 Å². The van der Waals surface area contributed by atoms with E-state index in [1.54, 1.807) is 53.2 Å². The third-order valence-corrected chi connectivity index (χ3v) is 7.10. The van der Waals surface area contributed by atoms with Crippen molar-refractivity contribution in [2.24, 2.45) is 0 Å². The van der Waals surface area contributed by atoms with Gasteiger partial charge in [-0.3, -0.25) is 9.59 Å². The Morgan fingerprint density at radius 3 is 2.76 bits per heavy atom. The molecule has 1 aliphatic rings. The molecule has 7 nitrogen and oxygen atoms in total. The van der Waals surface area contributed by atoms with Gasteiger partial charge in [0.1, 0.15) is 11.6 Å². The highest BCUT2D eigenvalue weighted by molar-refractivity contribution is 9.10. The number of hydrogen-bond donors (Lipinski definition) is 2. The lowest BCUT2D eigenvalue weighted by atomic mass is 10.00. The van der Waals surface area contributed by atoms with E-state index in [4.69, 9.17) is 0 Å². The number of fused-ring (bicyclic) bond motifs is 1. The van der Waals surface area contributed by atoms with Crippen molar-refractivity contribution >= 4 is 33.4 Å². The fraction of sp³-hybridized carbons (Fsp3) is 0.276. The molecule has 0 bridgehead atoms. The minimum Gasteiger partial charge on any atom is -0.507 e. The lowest BCUT2D eigenvalue weighted by Crippen LogP contribution is -2.33. The van der Waals surface area contributed by atoms with Gasteiger partial charge in [-0.05, 0) is 59.5 Å². The number of ketones is 1. The van der Waals surface area contributed by atoms with Gasteiger partial charge in [0.05, 0.1) is 22.3 Å². The summed E-state index contributed by atoms with van der Waals surface area (Å²) in [6.45, 7) is 12.7. The molecule has 1 aliphatic carbocycles. The molecule has 1 unspecified atom stereocenters. The Morgan fingerprint density at radius 2 is 2.11 bits per heavy atom. The Morgan fingerprint density at radius 1 is 1.38 bits per heavy atom. The number of hydrogen-bond acceptors (Lipinski definition) is 5. The number of rotatable bonds is 11. The summed E-state index contributed by atoms with van der Waals surface area (Å²) in [4.78, 5) is 27.1. The van der Waals surface area contributed by atoms with E-state index in [9.17, 15) is 14.7 Å². The van der Waals surface area contributed by atoms with E-state index in [2.05, 4.69) is 39.5 Å². The van der Waals surface area contributed by atoms with E-state index >= 15 is 0 Å². The summed E-state index contributed by atoms with van der Waals surface area (Å²) in [5.74, 6) is 0.301. The van der Waals surface area contributed by atoms with E-state index < -0.39 is 5.92 Å². The first kappa shape index (κ1) is 27.9. The number of aliphatic hydroxyl groups is 1. The molecule has 0 saturated carbocycles. The number of aromatic nitrogens is 2. The van der Waals surface area contributed by atoms with Gasteiger partial charge in [-0.1, -0.05) is 49.6 Å². The van der Waals surface area contributed by atoms with E-state index in [0.717, 1.165) is 15.7 Å². The summed E-state index contributed by atoms with van der Waals surface area (Å²) in [5.41, 5.74) is 3.44. The number of amides is 1. The normalized spacial score (nSPS) is 15.9. The number of likely N-dealkylation sites (N-methyl/N-ethyl adjacent to an activating group) is 1. The van der Waals surface area contributed by atoms with Crippen LogP contribution in [-0.2, 0) is 4.79 Å². The van der Waals surface area contributed by atoms with Gasteiger partial charge in [-0.25, -0.2) is 4.68 Å². The van der Waals surface area contributed by atoms with Crippen molar-refractivity contribution in [1.82, 2.24) is 20.0 Å². The van der Waals surface area contributed by atoms with E-state index in [1.165, 1.54) is 0 Å². The van der Waals surface area contributed by atoms with Crippen molar-refractivity contribution in [1.29, 1.82) is 0 Å². The van der Waals surface area contributed by atoms with Crippen LogP contribution >= 0.6 is 15.9 Å². The maximum atomic E-state index is 13.1. The summed E-state index contributed by atoms with van der Waals surface area (Å²) in [6.07, 6.45) is 9.29. The largest absolute Gasteiger partial charge is 0.507 e. The second kappa shape index (κ2) is 12.5. The Balaban J connectivity index is 1.69. The third kappa shape index (κ3) is 6.38. The fourth-order valence-corrected chi connectivity index (χ4v) is 4.56. The van der Waals surface area contributed by atoms with Crippen molar-refractivity contribution in [3.8, 4) is 0 Å². The molecule has 37 heavy (non-hydrogen) atoms. The molecule has 194 valence electrons. The highest BCUT2D eigenvalue weighted by Gasteiger charge is 2.35. The van der Waals surface area contributed by atoms with Gasteiger partial charge in [0.2, 0.25) is 5.91 Å². The molecule has 1 atom stereocenters. The predicted octanol–water partition coefficient (Wildman–Crippen LogP) is 5.69. The average Bonchev–Trinajstić information content (AvgIpc) is 3.39. The third-order valence-electron chi connectivity index (χ3n) is 6.32. The molecule has 2 aromatic rings. The van der Waals surface area contributed by atoms with Gasteiger partial charge < -0.3 is 15.3 Å². The van der Waals surface area contributed by atoms with Crippen molar-refractivity contribution in [2.75, 3.05) is 20.1 Å². The highest BCUT2D eigenvalue weighted by Crippen LogP contribution is 2.34. The Labute approximate surface area is 226 Å². The van der Waals surface area contributed by atoms with Gasteiger partial charge in [0.25, 0.3) is 0 Å². The fourth-order valence-electron chi connectivity index (χ4n) is 4.30. The number of nitrogens with zero attached hydrogens (tertiary/aromatic N) is 3. The van der Waals surface area contributed by atoms with Crippen LogP contribution in [0.2, 0.25) is 0 Å². The van der Waals surface area contributed by atoms with E-state index in [0.29, 0.717) is 42.0 Å². The minimum atomic E-state index is -0.418. The number of carbonyl (C=O) groups excluding carboxylic acids is 2. The molecule has 0 aliphatic heterocycles. The van der Waals surface area contributed by atoms with E-state index in [1.807, 2.05) is 32.0 Å². The van der Waals surface area contributed by atoms with Gasteiger partial charge in [0, 0.05) is 37.7 Å². The molecular weight excluding hydrogens is 532 g/mol. The quantitative estimate of drug-likeness (QED) is 0.208. The van der Waals surface area contributed by atoms with Gasteiger partial charge >= 0.3 is 0 Å². The molecule has 3 rings (SSSR count). The predicted molar refractivity (Wildman–Crippen MR) is 151 cm³/mol. The lowest BCUT2D eigenvalue weighted by molar-refractivity contribution is -0.131. The van der Waals surface area contributed by atoms with Gasteiger partial charge in [-0.2, -0.15) is 5.10 Å². The first-order valence-corrected chi connectivity index (χ1v) is 12.9. The molecule has 0 fully saturated rings. The van der Waals surface area contributed by atoms with Crippen LogP contribution in [-0.4, -0.2) is 51.6 Å². The standard InChI is InChI=1S/C29H33BrN4O3/c1-6-11-26(35)21(7-2)19(3)16-28(34-20(4)25(30)18-32-34)31-14-10-15-33(5)29(37)24-17-27(36)23-13-9-8-12-22(23)24/h6-9,11-13,16,18,24,31,35H,2-3,10,14-15,17H2,1,4-5H3/b11-6-,26-21-,28-16-. The van der Waals surface area contributed by atoms with Crippen LogP contribution in [0.1, 0.15) is 47.3 Å². The van der Waals surface area contributed by atoms with Crippen molar-refractivity contribution < 1.29 is 14.7 Å². The molecule has 2 N–H and O–H groups in total.